The van der Waals surface area contributed by atoms with E-state index in [2.05, 4.69) is 104 Å². The Morgan fingerprint density at radius 2 is 0.936 bits per heavy atom. The monoisotopic (exact) mass is 668 g/mol. The predicted octanol–water partition coefficient (Wildman–Crippen LogP) is 13.5. The molecule has 0 aromatic heterocycles. The molecule has 0 radical (unpaired) electrons. The van der Waals surface area contributed by atoms with Crippen LogP contribution in [0.1, 0.15) is 155 Å². The molecule has 0 nitrogen and oxygen atoms in total. The van der Waals surface area contributed by atoms with Gasteiger partial charge in [-0.05, 0) is 168 Å². The standard InChI is InChI=1S/C45H66P2/c1-41(2,3)46(42(4,5)6)29-37-14-15-40(43(7,8)39-12-10-9-11-13-39)22-38(37)30-47(44-23-31-16-32(24-44)18-33(17-31)25-44)45-26-34-19-35(27-45)21-36(20-34)28-45/h9-15,22,31-36H,16-21,23-30H2,1-8H3. The van der Waals surface area contributed by atoms with Gasteiger partial charge in [-0.15, -0.1) is 0 Å². The number of benzene rings is 2. The number of rotatable bonds is 8. The molecule has 47 heavy (non-hydrogen) atoms. The van der Waals surface area contributed by atoms with E-state index >= 15 is 0 Å². The summed E-state index contributed by atoms with van der Waals surface area (Å²) in [7, 11) is -0.266. The molecule has 0 atom stereocenters. The van der Waals surface area contributed by atoms with E-state index in [9.17, 15) is 0 Å². The van der Waals surface area contributed by atoms with Crippen LogP contribution in [-0.2, 0) is 17.7 Å². The minimum Gasteiger partial charge on any atom is -0.0911 e. The largest absolute Gasteiger partial charge is 0.0911 e. The van der Waals surface area contributed by atoms with Gasteiger partial charge in [0.1, 0.15) is 0 Å². The van der Waals surface area contributed by atoms with Gasteiger partial charge in [0.15, 0.2) is 0 Å². The molecule has 0 heterocycles. The smallest absolute Gasteiger partial charge is 0.0146 e. The molecule has 8 aliphatic carbocycles. The third-order valence-electron chi connectivity index (χ3n) is 14.9. The van der Waals surface area contributed by atoms with Crippen molar-refractivity contribution >= 4 is 15.8 Å². The molecule has 2 heteroatoms. The second-order valence-corrected chi connectivity index (χ2v) is 27.7. The first kappa shape index (κ1) is 33.4. The summed E-state index contributed by atoms with van der Waals surface area (Å²) in [5.41, 5.74) is 6.54. The summed E-state index contributed by atoms with van der Waals surface area (Å²) in [4.78, 5) is 0. The molecule has 256 valence electrons. The highest BCUT2D eigenvalue weighted by Crippen LogP contribution is 2.80. The van der Waals surface area contributed by atoms with Crippen molar-refractivity contribution in [2.75, 3.05) is 0 Å². The fourth-order valence-corrected chi connectivity index (χ4v) is 22.6. The minimum absolute atomic E-state index is 0.0114. The quantitative estimate of drug-likeness (QED) is 0.246. The zero-order valence-electron chi connectivity index (χ0n) is 31.4. The molecule has 10 rings (SSSR count). The van der Waals surface area contributed by atoms with Gasteiger partial charge in [0.05, 0.1) is 0 Å². The van der Waals surface area contributed by atoms with Crippen molar-refractivity contribution in [3.63, 3.8) is 0 Å². The van der Waals surface area contributed by atoms with Crippen LogP contribution in [0.25, 0.3) is 0 Å². The van der Waals surface area contributed by atoms with Crippen molar-refractivity contribution in [2.24, 2.45) is 35.5 Å². The Morgan fingerprint density at radius 3 is 1.34 bits per heavy atom. The van der Waals surface area contributed by atoms with Gasteiger partial charge in [0, 0.05) is 5.41 Å². The maximum Gasteiger partial charge on any atom is 0.0146 e. The Labute approximate surface area is 291 Å². The SMILES string of the molecule is CC(C)(c1ccccc1)c1ccc(CP(C(C)(C)C)C(C)(C)C)c(CP(C23CC4CC(CC(C4)C2)C3)C23CC4CC(CC(C4)C2)C3)c1. The van der Waals surface area contributed by atoms with E-state index < -0.39 is 0 Å². The zero-order valence-corrected chi connectivity index (χ0v) is 33.2. The van der Waals surface area contributed by atoms with Crippen LogP contribution in [0, 0.1) is 35.5 Å². The molecule has 8 saturated carbocycles. The van der Waals surface area contributed by atoms with Gasteiger partial charge in [-0.2, -0.15) is 0 Å². The molecule has 0 aliphatic heterocycles. The maximum absolute atomic E-state index is 2.80. The number of hydrogen-bond donors (Lipinski definition) is 0. The molecule has 2 aromatic rings. The van der Waals surface area contributed by atoms with E-state index in [-0.39, 0.29) is 21.3 Å². The van der Waals surface area contributed by atoms with Crippen molar-refractivity contribution in [3.05, 3.63) is 70.8 Å². The maximum atomic E-state index is 2.80. The molecule has 2 aromatic carbocycles. The molecule has 0 saturated heterocycles. The zero-order chi connectivity index (χ0) is 33.0. The van der Waals surface area contributed by atoms with Gasteiger partial charge in [-0.1, -0.05) is 120 Å². The van der Waals surface area contributed by atoms with Crippen molar-refractivity contribution < 1.29 is 0 Å². The van der Waals surface area contributed by atoms with E-state index in [0.29, 0.717) is 20.6 Å². The molecular weight excluding hydrogens is 602 g/mol. The number of hydrogen-bond acceptors (Lipinski definition) is 0. The Hall–Kier alpha value is -0.700. The van der Waals surface area contributed by atoms with Crippen LogP contribution in [0.15, 0.2) is 48.5 Å². The van der Waals surface area contributed by atoms with Crippen molar-refractivity contribution in [2.45, 2.75) is 171 Å². The topological polar surface area (TPSA) is 0 Å². The van der Waals surface area contributed by atoms with Crippen LogP contribution < -0.4 is 0 Å². The first-order chi connectivity index (χ1) is 22.1. The fourth-order valence-electron chi connectivity index (χ4n) is 13.8. The lowest BCUT2D eigenvalue weighted by Crippen LogP contribution is -2.56. The Balaban J connectivity index is 1.25. The Morgan fingerprint density at radius 1 is 0.511 bits per heavy atom. The van der Waals surface area contributed by atoms with Gasteiger partial charge in [0.25, 0.3) is 0 Å². The molecule has 0 N–H and O–H groups in total. The normalized spacial score (nSPS) is 36.8. The lowest BCUT2D eigenvalue weighted by atomic mass is 9.55. The average Bonchev–Trinajstić information content (AvgIpc) is 2.96. The second kappa shape index (κ2) is 11.7. The van der Waals surface area contributed by atoms with Crippen LogP contribution in [-0.4, -0.2) is 20.6 Å². The predicted molar refractivity (Wildman–Crippen MR) is 208 cm³/mol. The fraction of sp³-hybridized carbons (Fsp3) is 0.733. The molecule has 0 spiro atoms. The highest BCUT2D eigenvalue weighted by atomic mass is 31.1. The van der Waals surface area contributed by atoms with Crippen LogP contribution in [0.3, 0.4) is 0 Å². The summed E-state index contributed by atoms with van der Waals surface area (Å²) in [6.45, 7) is 20.2. The van der Waals surface area contributed by atoms with Crippen molar-refractivity contribution in [1.82, 2.24) is 0 Å². The van der Waals surface area contributed by atoms with Gasteiger partial charge in [-0.25, -0.2) is 0 Å². The lowest BCUT2D eigenvalue weighted by molar-refractivity contribution is 0.0184. The molecule has 0 unspecified atom stereocenters. The molecule has 8 aliphatic rings. The molecular formula is C45H66P2. The molecule has 8 fully saturated rings. The van der Waals surface area contributed by atoms with E-state index in [1.54, 1.807) is 93.7 Å². The molecule has 0 amide bonds. The van der Waals surface area contributed by atoms with Gasteiger partial charge in [0.2, 0.25) is 0 Å². The van der Waals surface area contributed by atoms with E-state index in [0.717, 1.165) is 35.5 Å². The summed E-state index contributed by atoms with van der Waals surface area (Å²) in [5, 5.41) is 2.04. The van der Waals surface area contributed by atoms with Gasteiger partial charge >= 0.3 is 0 Å². The van der Waals surface area contributed by atoms with Gasteiger partial charge in [-0.3, -0.25) is 0 Å². The van der Waals surface area contributed by atoms with Crippen LogP contribution >= 0.6 is 15.8 Å². The third-order valence-corrected chi connectivity index (χ3v) is 22.8. The minimum atomic E-state index is -0.189. The first-order valence-electron chi connectivity index (χ1n) is 19.9. The summed E-state index contributed by atoms with van der Waals surface area (Å²) in [6.07, 6.45) is 21.8. The average molecular weight is 669 g/mol. The van der Waals surface area contributed by atoms with Crippen LogP contribution in [0.4, 0.5) is 0 Å². The first-order valence-corrected chi connectivity index (χ1v) is 22.9. The van der Waals surface area contributed by atoms with Crippen molar-refractivity contribution in [3.8, 4) is 0 Å². The highest BCUT2D eigenvalue weighted by Gasteiger charge is 2.62. The van der Waals surface area contributed by atoms with Crippen LogP contribution in [0.2, 0.25) is 0 Å². The lowest BCUT2D eigenvalue weighted by Gasteiger charge is -2.67. The highest BCUT2D eigenvalue weighted by molar-refractivity contribution is 7.60. The van der Waals surface area contributed by atoms with Crippen LogP contribution in [0.5, 0.6) is 0 Å². The third kappa shape index (κ3) is 6.07. The summed E-state index contributed by atoms with van der Waals surface area (Å²) in [6, 6.07) is 19.4. The summed E-state index contributed by atoms with van der Waals surface area (Å²) < 4.78 is 0. The summed E-state index contributed by atoms with van der Waals surface area (Å²) >= 11 is 0. The summed E-state index contributed by atoms with van der Waals surface area (Å²) in [5.74, 6) is 6.32. The van der Waals surface area contributed by atoms with Crippen molar-refractivity contribution in [1.29, 1.82) is 0 Å². The van der Waals surface area contributed by atoms with E-state index in [1.807, 2.05) is 0 Å². The van der Waals surface area contributed by atoms with Gasteiger partial charge < -0.3 is 0 Å². The van der Waals surface area contributed by atoms with E-state index in [1.165, 1.54) is 17.9 Å². The Bertz CT molecular complexity index is 1320. The second-order valence-electron chi connectivity index (χ2n) is 20.8. The molecule has 8 bridgehead atoms. The Kier molecular flexibility index (Phi) is 8.30. The van der Waals surface area contributed by atoms with E-state index in [4.69, 9.17) is 0 Å².